The normalized spacial score (nSPS) is 25.6. The molecule has 1 aromatic heterocycles. The SMILES string of the molecule is C=CCO[C@@]12Oc3ccc(OCc4cccc(C)n4)cc3[C@H]3[C@H](CCCCO)[C@@H](CCCCO)C=C(C(=NOC(C)(C)C)C[C@@H]1N(CCOCCO)C(=O)C1CC1)[C@H]32. The van der Waals surface area contributed by atoms with Crippen LogP contribution >= 0.6 is 0 Å². The van der Waals surface area contributed by atoms with Crippen LogP contribution in [0.5, 0.6) is 11.5 Å². The Hall–Kier alpha value is -3.81. The number of carbonyl (C=O) groups excluding carboxylic acids is 1. The molecule has 2 saturated carbocycles. The highest BCUT2D eigenvalue weighted by atomic mass is 16.7. The maximum Gasteiger partial charge on any atom is 0.239 e. The molecule has 0 unspecified atom stereocenters. The number of hydrogen-bond donors (Lipinski definition) is 3. The fourth-order valence-electron chi connectivity index (χ4n) is 9.08. The molecular formula is C46H65N3O9. The average molecular weight is 804 g/mol. The lowest BCUT2D eigenvalue weighted by Crippen LogP contribution is -2.70. The van der Waals surface area contributed by atoms with Crippen molar-refractivity contribution in [2.75, 3.05) is 46.2 Å². The third-order valence-corrected chi connectivity index (χ3v) is 11.7. The van der Waals surface area contributed by atoms with Crippen LogP contribution in [-0.4, -0.2) is 100 Å². The summed E-state index contributed by atoms with van der Waals surface area (Å²) in [5.74, 6) is -0.451. The number of rotatable bonds is 22. The van der Waals surface area contributed by atoms with Gasteiger partial charge in [0.25, 0.3) is 0 Å². The van der Waals surface area contributed by atoms with Gasteiger partial charge in [-0.1, -0.05) is 36.2 Å². The molecule has 4 aliphatic rings. The predicted molar refractivity (Wildman–Crippen MR) is 221 cm³/mol. The second-order valence-electron chi connectivity index (χ2n) is 17.2. The van der Waals surface area contributed by atoms with E-state index in [1.165, 1.54) is 0 Å². The van der Waals surface area contributed by atoms with Crippen molar-refractivity contribution in [2.24, 2.45) is 28.8 Å². The minimum absolute atomic E-state index is 0.0272. The number of aryl methyl sites for hydroxylation is 1. The topological polar surface area (TPSA) is 152 Å². The number of nitrogens with zero attached hydrogens (tertiary/aromatic N) is 3. The predicted octanol–water partition coefficient (Wildman–Crippen LogP) is 6.65. The summed E-state index contributed by atoms with van der Waals surface area (Å²) < 4.78 is 26.7. The van der Waals surface area contributed by atoms with Crippen molar-refractivity contribution in [3.63, 3.8) is 0 Å². The molecular weight excluding hydrogens is 739 g/mol. The summed E-state index contributed by atoms with van der Waals surface area (Å²) in [6.45, 7) is 13.2. The maximum absolute atomic E-state index is 14.5. The number of aliphatic hydroxyl groups excluding tert-OH is 3. The van der Waals surface area contributed by atoms with Crippen LogP contribution < -0.4 is 9.47 Å². The fourth-order valence-corrected chi connectivity index (χ4v) is 9.08. The van der Waals surface area contributed by atoms with Crippen molar-refractivity contribution in [3.8, 4) is 11.5 Å². The van der Waals surface area contributed by atoms with Crippen molar-refractivity contribution < 1.29 is 43.9 Å². The Morgan fingerprint density at radius 3 is 2.52 bits per heavy atom. The summed E-state index contributed by atoms with van der Waals surface area (Å²) in [4.78, 5) is 27.3. The van der Waals surface area contributed by atoms with Crippen LogP contribution in [0.15, 0.2) is 65.9 Å². The Labute approximate surface area is 344 Å². The van der Waals surface area contributed by atoms with Gasteiger partial charge in [-0.05, 0) is 114 Å². The molecule has 2 heterocycles. The number of pyridine rings is 1. The second kappa shape index (κ2) is 20.0. The molecule has 3 aliphatic carbocycles. The Kier molecular flexibility index (Phi) is 15.1. The number of amides is 1. The van der Waals surface area contributed by atoms with Gasteiger partial charge in [0.1, 0.15) is 29.7 Å². The third kappa shape index (κ3) is 10.3. The highest BCUT2D eigenvalue weighted by molar-refractivity contribution is 6.03. The van der Waals surface area contributed by atoms with Crippen LogP contribution in [0.2, 0.25) is 0 Å². The van der Waals surface area contributed by atoms with E-state index in [-0.39, 0.29) is 75.8 Å². The first-order valence-corrected chi connectivity index (χ1v) is 21.3. The molecule has 3 N–H and O–H groups in total. The van der Waals surface area contributed by atoms with Crippen LogP contribution in [0.1, 0.15) is 101 Å². The second-order valence-corrected chi connectivity index (χ2v) is 17.2. The largest absolute Gasteiger partial charge is 0.487 e. The molecule has 1 amide bonds. The summed E-state index contributed by atoms with van der Waals surface area (Å²) >= 11 is 0. The van der Waals surface area contributed by atoms with E-state index in [2.05, 4.69) is 23.7 Å². The number of unbranched alkanes of at least 4 members (excludes halogenated alkanes) is 2. The number of aromatic nitrogens is 1. The Morgan fingerprint density at radius 2 is 1.83 bits per heavy atom. The molecule has 0 bridgehead atoms. The van der Waals surface area contributed by atoms with Crippen molar-refractivity contribution in [1.29, 1.82) is 0 Å². The van der Waals surface area contributed by atoms with E-state index in [9.17, 15) is 20.1 Å². The van der Waals surface area contributed by atoms with E-state index < -0.39 is 23.3 Å². The van der Waals surface area contributed by atoms with Crippen LogP contribution in [0, 0.1) is 30.6 Å². The van der Waals surface area contributed by atoms with E-state index >= 15 is 0 Å². The van der Waals surface area contributed by atoms with Crippen LogP contribution in [0.25, 0.3) is 0 Å². The van der Waals surface area contributed by atoms with E-state index in [1.807, 2.05) is 62.9 Å². The van der Waals surface area contributed by atoms with Gasteiger partial charge in [0.2, 0.25) is 11.7 Å². The molecule has 12 nitrogen and oxygen atoms in total. The lowest BCUT2D eigenvalue weighted by atomic mass is 9.55. The number of hydrogen-bond acceptors (Lipinski definition) is 11. The van der Waals surface area contributed by atoms with Gasteiger partial charge in [0.05, 0.1) is 43.8 Å². The summed E-state index contributed by atoms with van der Waals surface area (Å²) in [5.41, 5.74) is 3.91. The van der Waals surface area contributed by atoms with Crippen molar-refractivity contribution >= 4 is 11.6 Å². The summed E-state index contributed by atoms with van der Waals surface area (Å²) in [6.07, 6.45) is 10.8. The van der Waals surface area contributed by atoms with Gasteiger partial charge >= 0.3 is 0 Å². The molecule has 0 spiro atoms. The average Bonchev–Trinajstić information content (AvgIpc) is 4.06. The number of benzene rings is 1. The Bertz CT molecular complexity index is 1750. The minimum Gasteiger partial charge on any atom is -0.487 e. The van der Waals surface area contributed by atoms with Crippen molar-refractivity contribution in [1.82, 2.24) is 9.88 Å². The molecule has 2 aromatic rings. The van der Waals surface area contributed by atoms with E-state index in [1.54, 1.807) is 6.08 Å². The fraction of sp³-hybridized carbons (Fsp3) is 0.630. The van der Waals surface area contributed by atoms with Gasteiger partial charge in [-0.15, -0.1) is 6.58 Å². The van der Waals surface area contributed by atoms with E-state index in [0.717, 1.165) is 66.8 Å². The first kappa shape index (κ1) is 43.8. The molecule has 6 atom stereocenters. The third-order valence-electron chi connectivity index (χ3n) is 11.7. The van der Waals surface area contributed by atoms with Gasteiger partial charge in [-0.2, -0.15) is 0 Å². The lowest BCUT2D eigenvalue weighted by molar-refractivity contribution is -0.258. The van der Waals surface area contributed by atoms with Gasteiger partial charge in [-0.25, -0.2) is 0 Å². The molecule has 12 heteroatoms. The van der Waals surface area contributed by atoms with Crippen molar-refractivity contribution in [2.45, 2.75) is 115 Å². The van der Waals surface area contributed by atoms with Gasteiger partial charge < -0.3 is 44.0 Å². The summed E-state index contributed by atoms with van der Waals surface area (Å²) in [7, 11) is 0. The molecule has 1 aliphatic heterocycles. The van der Waals surface area contributed by atoms with Crippen LogP contribution in [0.3, 0.4) is 0 Å². The molecule has 6 rings (SSSR count). The number of ether oxygens (including phenoxy) is 4. The Balaban J connectivity index is 1.55. The molecule has 0 saturated heterocycles. The van der Waals surface area contributed by atoms with E-state index in [4.69, 9.17) is 28.9 Å². The zero-order valence-electron chi connectivity index (χ0n) is 34.9. The number of fused-ring (bicyclic) bond motifs is 2. The summed E-state index contributed by atoms with van der Waals surface area (Å²) in [5, 5.41) is 34.2. The maximum atomic E-state index is 14.5. The van der Waals surface area contributed by atoms with Gasteiger partial charge in [0.15, 0.2) is 0 Å². The highest BCUT2D eigenvalue weighted by Gasteiger charge is 2.66. The zero-order valence-corrected chi connectivity index (χ0v) is 34.9. The minimum atomic E-state index is -1.35. The molecule has 318 valence electrons. The number of oxime groups is 1. The van der Waals surface area contributed by atoms with Gasteiger partial charge in [-0.3, -0.25) is 9.78 Å². The number of aliphatic hydroxyl groups is 3. The molecule has 0 radical (unpaired) electrons. The monoisotopic (exact) mass is 803 g/mol. The first-order valence-electron chi connectivity index (χ1n) is 21.3. The lowest BCUT2D eigenvalue weighted by Gasteiger charge is -2.60. The molecule has 1 aromatic carbocycles. The highest BCUT2D eigenvalue weighted by Crippen LogP contribution is 2.62. The van der Waals surface area contributed by atoms with E-state index in [0.29, 0.717) is 37.4 Å². The Morgan fingerprint density at radius 1 is 1.05 bits per heavy atom. The quantitative estimate of drug-likeness (QED) is 0.0671. The van der Waals surface area contributed by atoms with Crippen LogP contribution in [-0.2, 0) is 25.7 Å². The van der Waals surface area contributed by atoms with Gasteiger partial charge in [0, 0.05) is 49.3 Å². The first-order chi connectivity index (χ1) is 28.0. The summed E-state index contributed by atoms with van der Waals surface area (Å²) in [6, 6.07) is 11.3. The molecule has 2 fully saturated rings. The zero-order chi connectivity index (χ0) is 41.3. The smallest absolute Gasteiger partial charge is 0.239 e. The van der Waals surface area contributed by atoms with Crippen molar-refractivity contribution in [3.05, 3.63) is 77.7 Å². The van der Waals surface area contributed by atoms with Crippen LogP contribution in [0.4, 0.5) is 0 Å². The number of allylic oxidation sites excluding steroid dienone is 1. The number of carbonyl (C=O) groups is 1. The molecule has 58 heavy (non-hydrogen) atoms. The standard InChI is InChI=1S/C46H65N3O9/c1-6-24-56-46-41(49(20-25-54-26-23-52)44(53)32-16-17-32)29-39(48-58-45(3,4)5)37-27-33(13-7-9-21-50)36(15-8-10-22-51)42(43(37)46)38-28-35(18-19-40(38)57-46)55-30-34-14-11-12-31(2)47-34/h6,11-12,14,18-19,27-28,32-33,36,41-43,50-52H,1,7-10,13,15-17,20-26,29-30H2,2-5H3/t33-,36+,41-,42+,43+,46+/m0/s1.